The van der Waals surface area contributed by atoms with E-state index in [1.54, 1.807) is 18.2 Å². The van der Waals surface area contributed by atoms with E-state index < -0.39 is 5.41 Å². The van der Waals surface area contributed by atoms with Gasteiger partial charge in [-0.3, -0.25) is 14.9 Å². The molecule has 31 heavy (non-hydrogen) atoms. The molecule has 1 fully saturated rings. The number of hydrogen-bond acceptors (Lipinski definition) is 5. The first kappa shape index (κ1) is 19.6. The Bertz CT molecular complexity index is 1170. The zero-order valence-electron chi connectivity index (χ0n) is 17.0. The smallest absolute Gasteiger partial charge is 0.259 e. The second kappa shape index (κ2) is 7.74. The maximum absolute atomic E-state index is 13.1. The highest BCUT2D eigenvalue weighted by molar-refractivity contribution is 7.18. The highest BCUT2D eigenvalue weighted by Gasteiger charge is 2.50. The molecule has 0 radical (unpaired) electrons. The predicted octanol–water partition coefficient (Wildman–Crippen LogP) is 5.00. The van der Waals surface area contributed by atoms with Gasteiger partial charge in [0.25, 0.3) is 5.91 Å². The Labute approximate surface area is 184 Å². The van der Waals surface area contributed by atoms with E-state index in [0.29, 0.717) is 22.3 Å². The number of carbonyl (C=O) groups is 2. The number of benzene rings is 2. The minimum atomic E-state index is -0.438. The average molecular weight is 431 g/mol. The van der Waals surface area contributed by atoms with Gasteiger partial charge in [-0.1, -0.05) is 72.9 Å². The molecule has 0 spiro atoms. The fourth-order valence-electron chi connectivity index (χ4n) is 4.55. The Hall–Kier alpha value is -3.32. The lowest BCUT2D eigenvalue weighted by atomic mass is 9.76. The fraction of sp³-hybridized carbons (Fsp3) is 0.250. The van der Waals surface area contributed by atoms with Crippen molar-refractivity contribution >= 4 is 34.0 Å². The Kier molecular flexibility index (Phi) is 4.90. The largest absolute Gasteiger partial charge is 0.325 e. The molecule has 2 aromatic carbocycles. The van der Waals surface area contributed by atoms with Crippen LogP contribution >= 0.6 is 11.3 Å². The van der Waals surface area contributed by atoms with Gasteiger partial charge in [0.05, 0.1) is 16.7 Å². The normalized spacial score (nSPS) is 23.6. The van der Waals surface area contributed by atoms with Crippen LogP contribution in [0, 0.1) is 17.3 Å². The van der Waals surface area contributed by atoms with Gasteiger partial charge >= 0.3 is 0 Å². The molecule has 2 amide bonds. The molecule has 6 nitrogen and oxygen atoms in total. The predicted molar refractivity (Wildman–Crippen MR) is 122 cm³/mol. The van der Waals surface area contributed by atoms with Crippen molar-refractivity contribution in [3.05, 3.63) is 72.3 Å². The van der Waals surface area contributed by atoms with E-state index >= 15 is 0 Å². The van der Waals surface area contributed by atoms with E-state index in [9.17, 15) is 9.59 Å². The number of allylic oxidation sites excluding steroid dienone is 2. The molecule has 0 aliphatic heterocycles. The third kappa shape index (κ3) is 3.65. The summed E-state index contributed by atoms with van der Waals surface area (Å²) in [5.74, 6) is 0.378. The van der Waals surface area contributed by atoms with Crippen LogP contribution in [0.1, 0.15) is 30.1 Å². The summed E-state index contributed by atoms with van der Waals surface area (Å²) >= 11 is 1.31. The van der Waals surface area contributed by atoms with Crippen LogP contribution in [0.15, 0.2) is 66.7 Å². The van der Waals surface area contributed by atoms with Gasteiger partial charge in [-0.15, -0.1) is 10.2 Å². The number of amides is 2. The summed E-state index contributed by atoms with van der Waals surface area (Å²) in [7, 11) is 0. The summed E-state index contributed by atoms with van der Waals surface area (Å²) in [6.45, 7) is 2.02. The van der Waals surface area contributed by atoms with Gasteiger partial charge in [0, 0.05) is 5.56 Å². The summed E-state index contributed by atoms with van der Waals surface area (Å²) < 4.78 is 0. The number of para-hydroxylation sites is 1. The molecule has 3 atom stereocenters. The third-order valence-corrected chi connectivity index (χ3v) is 7.17. The third-order valence-electron chi connectivity index (χ3n) is 6.28. The molecule has 0 unspecified atom stereocenters. The number of nitrogens with zero attached hydrogens (tertiary/aromatic N) is 2. The first-order valence-electron chi connectivity index (χ1n) is 10.3. The molecule has 1 heterocycles. The van der Waals surface area contributed by atoms with Crippen molar-refractivity contribution in [1.82, 2.24) is 10.2 Å². The summed E-state index contributed by atoms with van der Waals surface area (Å²) in [4.78, 5) is 26.1. The first-order valence-corrected chi connectivity index (χ1v) is 11.1. The van der Waals surface area contributed by atoms with Crippen molar-refractivity contribution < 1.29 is 9.59 Å². The maximum atomic E-state index is 13.1. The monoisotopic (exact) mass is 430 g/mol. The second-order valence-electron chi connectivity index (χ2n) is 8.34. The van der Waals surface area contributed by atoms with Crippen molar-refractivity contribution in [2.75, 3.05) is 10.6 Å². The topological polar surface area (TPSA) is 84.0 Å². The lowest BCUT2D eigenvalue weighted by Crippen LogP contribution is -2.37. The lowest BCUT2D eigenvalue weighted by molar-refractivity contribution is -0.126. The quantitative estimate of drug-likeness (QED) is 0.558. The molecule has 7 heteroatoms. The minimum Gasteiger partial charge on any atom is -0.325 e. The molecule has 2 N–H and O–H groups in total. The maximum Gasteiger partial charge on any atom is 0.259 e. The molecule has 156 valence electrons. The van der Waals surface area contributed by atoms with E-state index in [0.717, 1.165) is 23.4 Å². The molecule has 2 aliphatic rings. The molecule has 0 saturated heterocycles. The molecule has 2 bridgehead atoms. The number of hydrogen-bond donors (Lipinski definition) is 2. The SMILES string of the molecule is C[C@@]1(C(=O)Nc2ccccc2C(=O)Nc2nnc(-c3ccccc3)s2)C[C@H]2C=C[C@H]1C2. The summed E-state index contributed by atoms with van der Waals surface area (Å²) in [5.41, 5.74) is 1.41. The van der Waals surface area contributed by atoms with E-state index in [1.807, 2.05) is 43.3 Å². The van der Waals surface area contributed by atoms with Crippen LogP contribution in [0.4, 0.5) is 10.8 Å². The van der Waals surface area contributed by atoms with Gasteiger partial charge in [0.1, 0.15) is 5.01 Å². The molecule has 5 rings (SSSR count). The fourth-order valence-corrected chi connectivity index (χ4v) is 5.29. The number of fused-ring (bicyclic) bond motifs is 2. The van der Waals surface area contributed by atoms with Gasteiger partial charge in [0.15, 0.2) is 0 Å². The van der Waals surface area contributed by atoms with E-state index in [1.165, 1.54) is 11.3 Å². The molecular formula is C24H22N4O2S. The number of anilines is 2. The van der Waals surface area contributed by atoms with Gasteiger partial charge < -0.3 is 5.32 Å². The lowest BCUT2D eigenvalue weighted by Gasteiger charge is -2.30. The number of rotatable bonds is 5. The number of aromatic nitrogens is 2. The van der Waals surface area contributed by atoms with Gasteiger partial charge in [-0.25, -0.2) is 0 Å². The number of carbonyl (C=O) groups excluding carboxylic acids is 2. The van der Waals surface area contributed by atoms with Crippen molar-refractivity contribution in [3.63, 3.8) is 0 Å². The van der Waals surface area contributed by atoms with Crippen LogP contribution in [-0.4, -0.2) is 22.0 Å². The molecule has 1 aromatic heterocycles. The van der Waals surface area contributed by atoms with E-state index in [4.69, 9.17) is 0 Å². The highest BCUT2D eigenvalue weighted by atomic mass is 32.1. The van der Waals surface area contributed by atoms with Crippen LogP contribution in [0.5, 0.6) is 0 Å². The molecule has 3 aromatic rings. The van der Waals surface area contributed by atoms with Crippen LogP contribution in [0.3, 0.4) is 0 Å². The average Bonchev–Trinajstić information content (AvgIpc) is 3.51. The Morgan fingerprint density at radius 3 is 2.52 bits per heavy atom. The zero-order chi connectivity index (χ0) is 21.4. The van der Waals surface area contributed by atoms with Crippen LogP contribution in [-0.2, 0) is 4.79 Å². The summed E-state index contributed by atoms with van der Waals surface area (Å²) in [5, 5.41) is 15.2. The van der Waals surface area contributed by atoms with E-state index in [-0.39, 0.29) is 17.7 Å². The Balaban J connectivity index is 1.32. The van der Waals surface area contributed by atoms with Crippen LogP contribution < -0.4 is 10.6 Å². The first-order chi connectivity index (χ1) is 15.0. The molecular weight excluding hydrogens is 408 g/mol. The van der Waals surface area contributed by atoms with Gasteiger partial charge in [-0.2, -0.15) is 0 Å². The van der Waals surface area contributed by atoms with Gasteiger partial charge in [0.2, 0.25) is 11.0 Å². The zero-order valence-corrected chi connectivity index (χ0v) is 17.9. The summed E-state index contributed by atoms with van der Waals surface area (Å²) in [6, 6.07) is 16.7. The van der Waals surface area contributed by atoms with E-state index in [2.05, 4.69) is 33.0 Å². The van der Waals surface area contributed by atoms with Crippen molar-refractivity contribution in [2.45, 2.75) is 19.8 Å². The standard InChI is InChI=1S/C24H22N4O2S/c1-24(14-15-11-12-17(24)13-15)22(30)25-19-10-6-5-9-18(19)20(29)26-23-28-27-21(31-23)16-7-3-2-4-8-16/h2-12,15,17H,13-14H2,1H3,(H,25,30)(H,26,28,29)/t15-,17-,24+/m0/s1. The molecule has 2 aliphatic carbocycles. The summed E-state index contributed by atoms with van der Waals surface area (Å²) in [6.07, 6.45) is 6.26. The Morgan fingerprint density at radius 1 is 1.00 bits per heavy atom. The number of nitrogens with one attached hydrogen (secondary N) is 2. The van der Waals surface area contributed by atoms with Crippen molar-refractivity contribution in [2.24, 2.45) is 17.3 Å². The minimum absolute atomic E-state index is 0.0353. The van der Waals surface area contributed by atoms with Crippen molar-refractivity contribution in [1.29, 1.82) is 0 Å². The molecule has 1 saturated carbocycles. The van der Waals surface area contributed by atoms with Crippen LogP contribution in [0.25, 0.3) is 10.6 Å². The van der Waals surface area contributed by atoms with Gasteiger partial charge in [-0.05, 0) is 36.8 Å². The Morgan fingerprint density at radius 2 is 1.77 bits per heavy atom. The highest BCUT2D eigenvalue weighted by Crippen LogP contribution is 2.52. The van der Waals surface area contributed by atoms with Crippen LogP contribution in [0.2, 0.25) is 0 Å². The second-order valence-corrected chi connectivity index (χ2v) is 9.32. The van der Waals surface area contributed by atoms with Crippen molar-refractivity contribution in [3.8, 4) is 10.6 Å².